The molecule has 0 N–H and O–H groups in total. The highest BCUT2D eigenvalue weighted by Gasteiger charge is 2.30. The summed E-state index contributed by atoms with van der Waals surface area (Å²) in [7, 11) is 2.63. The molecule has 0 aliphatic carbocycles. The van der Waals surface area contributed by atoms with Crippen molar-refractivity contribution in [1.29, 1.82) is 0 Å². The molecule has 0 aliphatic heterocycles. The summed E-state index contributed by atoms with van der Waals surface area (Å²) in [5.41, 5.74) is 1.45. The van der Waals surface area contributed by atoms with Crippen molar-refractivity contribution in [3.05, 3.63) is 70.8 Å². The average molecular weight is 422 g/mol. The first-order valence-corrected chi connectivity index (χ1v) is 8.85. The zero-order chi connectivity index (χ0) is 22.1. The topological polar surface area (TPSA) is 69.5 Å². The summed E-state index contributed by atoms with van der Waals surface area (Å²) < 4.78 is 43.3. The van der Waals surface area contributed by atoms with Gasteiger partial charge in [-0.1, -0.05) is 46.7 Å². The highest BCUT2D eigenvalue weighted by atomic mass is 19.4. The summed E-state index contributed by atoms with van der Waals surface area (Å²) in [4.78, 5) is 21.8. The first kappa shape index (κ1) is 22.9. The predicted molar refractivity (Wildman–Crippen MR) is 105 cm³/mol. The molecule has 2 aromatic rings. The maximum Gasteiger partial charge on any atom is 0.416 e. The van der Waals surface area contributed by atoms with E-state index in [1.165, 1.54) is 26.4 Å². The van der Waals surface area contributed by atoms with Gasteiger partial charge in [-0.15, -0.1) is 0 Å². The van der Waals surface area contributed by atoms with Crippen LogP contribution in [0.15, 0.2) is 58.8 Å². The Balaban J connectivity index is 2.18. The van der Waals surface area contributed by atoms with Gasteiger partial charge in [0.25, 0.3) is 0 Å². The number of carbonyl (C=O) groups is 1. The fourth-order valence-corrected chi connectivity index (χ4v) is 2.60. The summed E-state index contributed by atoms with van der Waals surface area (Å²) in [6, 6.07) is 11.9. The molecular weight excluding hydrogens is 401 g/mol. The molecule has 0 atom stereocenters. The van der Waals surface area contributed by atoms with Crippen molar-refractivity contribution in [3.63, 3.8) is 0 Å². The van der Waals surface area contributed by atoms with Gasteiger partial charge >= 0.3 is 12.1 Å². The molecule has 0 unspecified atom stereocenters. The van der Waals surface area contributed by atoms with Crippen molar-refractivity contribution in [3.8, 4) is 0 Å². The summed E-state index contributed by atoms with van der Waals surface area (Å²) in [6.07, 6.45) is -4.54. The number of carbonyl (C=O) groups excluding carboxylic acids is 1. The van der Waals surface area contributed by atoms with E-state index < -0.39 is 17.7 Å². The van der Waals surface area contributed by atoms with E-state index in [-0.39, 0.29) is 13.0 Å². The monoisotopic (exact) mass is 422 g/mol. The second-order valence-corrected chi connectivity index (χ2v) is 6.16. The van der Waals surface area contributed by atoms with Crippen LogP contribution in [0.3, 0.4) is 0 Å². The Hall–Kier alpha value is -3.36. The molecule has 0 aliphatic rings. The van der Waals surface area contributed by atoms with Crippen LogP contribution in [0, 0.1) is 0 Å². The molecule has 9 heteroatoms. The van der Waals surface area contributed by atoms with E-state index in [1.54, 1.807) is 31.2 Å². The van der Waals surface area contributed by atoms with Gasteiger partial charge in [-0.2, -0.15) is 13.2 Å². The van der Waals surface area contributed by atoms with Crippen molar-refractivity contribution in [2.45, 2.75) is 26.1 Å². The molecule has 0 fully saturated rings. The molecule has 0 radical (unpaired) electrons. The highest BCUT2D eigenvalue weighted by molar-refractivity contribution is 6.09. The third-order valence-electron chi connectivity index (χ3n) is 4.10. The molecule has 0 saturated carbocycles. The van der Waals surface area contributed by atoms with Gasteiger partial charge in [0.05, 0.1) is 30.5 Å². The van der Waals surface area contributed by atoms with Crippen LogP contribution in [0.5, 0.6) is 0 Å². The molecule has 0 aromatic heterocycles. The van der Waals surface area contributed by atoms with E-state index >= 15 is 0 Å². The number of hydrogen-bond donors (Lipinski definition) is 0. The summed E-state index contributed by atoms with van der Waals surface area (Å²) >= 11 is 0. The Labute approximate surface area is 171 Å². The Kier molecular flexibility index (Phi) is 7.97. The van der Waals surface area contributed by atoms with E-state index in [0.717, 1.165) is 12.1 Å². The second-order valence-electron chi connectivity index (χ2n) is 6.16. The Bertz CT molecular complexity index is 940. The largest absolute Gasteiger partial charge is 0.469 e. The van der Waals surface area contributed by atoms with Gasteiger partial charge < -0.3 is 14.4 Å². The van der Waals surface area contributed by atoms with Crippen LogP contribution in [0.25, 0.3) is 0 Å². The van der Waals surface area contributed by atoms with Crippen LogP contribution in [0.4, 0.5) is 13.2 Å². The maximum atomic E-state index is 12.9. The molecule has 0 saturated heterocycles. The molecule has 2 rings (SSSR count). The average Bonchev–Trinajstić information content (AvgIpc) is 2.73. The van der Waals surface area contributed by atoms with E-state index in [1.807, 2.05) is 0 Å². The lowest BCUT2D eigenvalue weighted by molar-refractivity contribution is -0.139. The number of nitrogens with zero attached hydrogens (tertiary/aromatic N) is 2. The van der Waals surface area contributed by atoms with E-state index in [2.05, 4.69) is 15.0 Å². The third kappa shape index (κ3) is 6.33. The van der Waals surface area contributed by atoms with Gasteiger partial charge in [-0.25, -0.2) is 0 Å². The lowest BCUT2D eigenvalue weighted by Crippen LogP contribution is -2.13. The first-order valence-electron chi connectivity index (χ1n) is 8.85. The molecule has 2 aromatic carbocycles. The highest BCUT2D eigenvalue weighted by Crippen LogP contribution is 2.29. The summed E-state index contributed by atoms with van der Waals surface area (Å²) in [6.45, 7) is 1.56. The maximum absolute atomic E-state index is 12.9. The van der Waals surface area contributed by atoms with E-state index in [0.29, 0.717) is 28.1 Å². The van der Waals surface area contributed by atoms with E-state index in [9.17, 15) is 18.0 Å². The first-order chi connectivity index (χ1) is 14.3. The molecule has 30 heavy (non-hydrogen) atoms. The van der Waals surface area contributed by atoms with Crippen molar-refractivity contribution in [2.75, 3.05) is 14.2 Å². The molecular formula is C21H21F3N2O4. The van der Waals surface area contributed by atoms with Gasteiger partial charge in [-0.05, 0) is 24.6 Å². The number of ether oxygens (including phenoxy) is 1. The van der Waals surface area contributed by atoms with Gasteiger partial charge in [0.2, 0.25) is 0 Å². The second kappa shape index (κ2) is 10.4. The fraction of sp³-hybridized carbons (Fsp3) is 0.286. The number of alkyl halides is 3. The predicted octanol–water partition coefficient (Wildman–Crippen LogP) is 4.56. The normalized spacial score (nSPS) is 12.5. The zero-order valence-corrected chi connectivity index (χ0v) is 16.7. The fourth-order valence-electron chi connectivity index (χ4n) is 2.60. The van der Waals surface area contributed by atoms with Gasteiger partial charge in [0.1, 0.15) is 13.7 Å². The number of halogens is 3. The Morgan fingerprint density at radius 2 is 1.77 bits per heavy atom. The van der Waals surface area contributed by atoms with Crippen molar-refractivity contribution in [2.24, 2.45) is 10.3 Å². The number of hydrogen-bond acceptors (Lipinski definition) is 6. The molecule has 0 spiro atoms. The number of esters is 1. The zero-order valence-electron chi connectivity index (χ0n) is 16.7. The molecule has 0 bridgehead atoms. The van der Waals surface area contributed by atoms with Crippen LogP contribution in [0.1, 0.15) is 35.6 Å². The van der Waals surface area contributed by atoms with Crippen molar-refractivity contribution in [1.82, 2.24) is 0 Å². The molecule has 160 valence electrons. The van der Waals surface area contributed by atoms with Crippen molar-refractivity contribution < 1.29 is 32.4 Å². The molecule has 6 nitrogen and oxygen atoms in total. The van der Waals surface area contributed by atoms with Crippen molar-refractivity contribution >= 4 is 17.4 Å². The van der Waals surface area contributed by atoms with Crippen LogP contribution in [0.2, 0.25) is 0 Å². The Morgan fingerprint density at radius 3 is 2.43 bits per heavy atom. The van der Waals surface area contributed by atoms with Crippen LogP contribution in [-0.2, 0) is 32.0 Å². The number of rotatable bonds is 8. The number of methoxy groups -OCH3 is 1. The third-order valence-corrected chi connectivity index (χ3v) is 4.10. The lowest BCUT2D eigenvalue weighted by Gasteiger charge is -2.11. The van der Waals surface area contributed by atoms with Gasteiger partial charge in [0.15, 0.2) is 0 Å². The van der Waals surface area contributed by atoms with Gasteiger partial charge in [0, 0.05) is 11.1 Å². The minimum atomic E-state index is -4.44. The number of benzene rings is 2. The minimum Gasteiger partial charge on any atom is -0.469 e. The minimum absolute atomic E-state index is 0.0103. The SMILES string of the molecule is CO/N=C(/CC(=O)OC)c1ccccc1CO/N=C(\C)c1cccc(C(F)(F)F)c1. The summed E-state index contributed by atoms with van der Waals surface area (Å²) in [5, 5.41) is 7.81. The quantitative estimate of drug-likeness (QED) is 0.355. The van der Waals surface area contributed by atoms with E-state index in [4.69, 9.17) is 9.68 Å². The standard InChI is InChI=1S/C21H21F3N2O4/c1-14(15-8-6-9-17(11-15)21(22,23)24)25-30-13-16-7-4-5-10-18(16)19(26-29-3)12-20(27)28-2/h4-11H,12-13H2,1-3H3/b25-14+,26-19-. The van der Waals surface area contributed by atoms with Gasteiger partial charge in [-0.3, -0.25) is 4.79 Å². The molecule has 0 amide bonds. The number of oxime groups is 2. The van der Waals surface area contributed by atoms with Crippen LogP contribution < -0.4 is 0 Å². The van der Waals surface area contributed by atoms with Crippen LogP contribution in [-0.4, -0.2) is 31.6 Å². The lowest BCUT2D eigenvalue weighted by atomic mass is 10.0. The Morgan fingerprint density at radius 1 is 1.03 bits per heavy atom. The smallest absolute Gasteiger partial charge is 0.416 e. The van der Waals surface area contributed by atoms with Crippen LogP contribution >= 0.6 is 0 Å². The molecule has 0 heterocycles. The summed E-state index contributed by atoms with van der Waals surface area (Å²) in [5.74, 6) is -0.486.